The molecular formula is C20H19NO2. The van der Waals surface area contributed by atoms with Crippen molar-refractivity contribution in [2.24, 2.45) is 0 Å². The zero-order valence-electron chi connectivity index (χ0n) is 13.5. The van der Waals surface area contributed by atoms with Crippen molar-refractivity contribution in [2.45, 2.75) is 6.92 Å². The highest BCUT2D eigenvalue weighted by molar-refractivity contribution is 6.05. The van der Waals surface area contributed by atoms with Crippen molar-refractivity contribution in [1.82, 2.24) is 0 Å². The van der Waals surface area contributed by atoms with Crippen molar-refractivity contribution >= 4 is 23.5 Å². The lowest BCUT2D eigenvalue weighted by Gasteiger charge is -2.11. The summed E-state index contributed by atoms with van der Waals surface area (Å²) >= 11 is 0. The minimum absolute atomic E-state index is 0.308. The molecule has 0 radical (unpaired) electrons. The fraction of sp³-hybridized carbons (Fsp3) is 0.150. The van der Waals surface area contributed by atoms with Crippen LogP contribution in [-0.4, -0.2) is 20.1 Å². The second-order valence-electron chi connectivity index (χ2n) is 5.85. The van der Waals surface area contributed by atoms with E-state index in [0.29, 0.717) is 11.3 Å². The largest absolute Gasteiger partial charge is 0.422 e. The molecule has 1 aliphatic heterocycles. The van der Waals surface area contributed by atoms with Crippen LogP contribution in [0.2, 0.25) is 0 Å². The molecule has 1 aliphatic rings. The smallest absolute Gasteiger partial charge is 0.343 e. The van der Waals surface area contributed by atoms with Gasteiger partial charge in [0.15, 0.2) is 0 Å². The molecule has 3 heteroatoms. The third-order valence-electron chi connectivity index (χ3n) is 3.79. The van der Waals surface area contributed by atoms with E-state index in [1.54, 1.807) is 6.08 Å². The lowest BCUT2D eigenvalue weighted by atomic mass is 10.1. The molecule has 0 bridgehead atoms. The van der Waals surface area contributed by atoms with Crippen LogP contribution in [0.5, 0.6) is 0 Å². The quantitative estimate of drug-likeness (QED) is 0.633. The number of ether oxygens (including phenoxy) is 1. The normalized spacial score (nSPS) is 15.5. The lowest BCUT2D eigenvalue weighted by molar-refractivity contribution is -0.130. The highest BCUT2D eigenvalue weighted by atomic mass is 16.5. The first kappa shape index (κ1) is 15.1. The van der Waals surface area contributed by atoms with Crippen molar-refractivity contribution in [3.8, 4) is 0 Å². The Labute approximate surface area is 136 Å². The van der Waals surface area contributed by atoms with Crippen molar-refractivity contribution in [1.29, 1.82) is 0 Å². The van der Waals surface area contributed by atoms with Crippen molar-refractivity contribution in [3.63, 3.8) is 0 Å². The molecule has 116 valence electrons. The maximum atomic E-state index is 12.1. The summed E-state index contributed by atoms with van der Waals surface area (Å²) in [6.07, 6.45) is 3.65. The van der Waals surface area contributed by atoms with Gasteiger partial charge >= 0.3 is 5.97 Å². The molecule has 1 heterocycles. The van der Waals surface area contributed by atoms with Crippen LogP contribution in [0.4, 0.5) is 5.69 Å². The zero-order chi connectivity index (χ0) is 16.4. The van der Waals surface area contributed by atoms with E-state index in [1.807, 2.05) is 80.5 Å². The van der Waals surface area contributed by atoms with Crippen LogP contribution < -0.4 is 4.90 Å². The van der Waals surface area contributed by atoms with Crippen LogP contribution >= 0.6 is 0 Å². The first-order valence-corrected chi connectivity index (χ1v) is 7.53. The van der Waals surface area contributed by atoms with Gasteiger partial charge in [-0.2, -0.15) is 0 Å². The maximum Gasteiger partial charge on any atom is 0.343 e. The number of hydrogen-bond acceptors (Lipinski definition) is 3. The van der Waals surface area contributed by atoms with Crippen molar-refractivity contribution in [3.05, 3.63) is 76.9 Å². The fourth-order valence-electron chi connectivity index (χ4n) is 2.40. The van der Waals surface area contributed by atoms with Gasteiger partial charge in [0, 0.05) is 25.3 Å². The van der Waals surface area contributed by atoms with E-state index in [0.717, 1.165) is 16.8 Å². The molecule has 0 spiro atoms. The summed E-state index contributed by atoms with van der Waals surface area (Å²) in [6, 6.07) is 16.0. The van der Waals surface area contributed by atoms with Gasteiger partial charge in [0.1, 0.15) is 5.76 Å². The molecule has 3 rings (SSSR count). The van der Waals surface area contributed by atoms with Crippen LogP contribution in [0.25, 0.3) is 11.8 Å². The summed E-state index contributed by atoms with van der Waals surface area (Å²) in [7, 11) is 4.00. The van der Waals surface area contributed by atoms with E-state index in [2.05, 4.69) is 0 Å². The molecule has 23 heavy (non-hydrogen) atoms. The van der Waals surface area contributed by atoms with Crippen LogP contribution in [0.15, 0.2) is 60.2 Å². The number of benzene rings is 2. The molecule has 0 saturated carbocycles. The van der Waals surface area contributed by atoms with Gasteiger partial charge in [-0.3, -0.25) is 0 Å². The number of hydrogen-bond donors (Lipinski definition) is 0. The Morgan fingerprint density at radius 1 is 0.957 bits per heavy atom. The van der Waals surface area contributed by atoms with E-state index in [9.17, 15) is 4.79 Å². The van der Waals surface area contributed by atoms with Gasteiger partial charge in [0.05, 0.1) is 5.57 Å². The standard InChI is InChI=1S/C20H19NO2/c1-14-4-8-16(9-5-14)19-13-17(20(22)23-19)12-15-6-10-18(11-7-15)21(2)3/h4-13H,1-3H3/b17-12+. The van der Waals surface area contributed by atoms with Gasteiger partial charge in [-0.15, -0.1) is 0 Å². The Hall–Kier alpha value is -2.81. The topological polar surface area (TPSA) is 29.5 Å². The van der Waals surface area contributed by atoms with Gasteiger partial charge in [-0.25, -0.2) is 4.79 Å². The number of nitrogens with zero attached hydrogens (tertiary/aromatic N) is 1. The average molecular weight is 305 g/mol. The van der Waals surface area contributed by atoms with E-state index < -0.39 is 0 Å². The van der Waals surface area contributed by atoms with Crippen LogP contribution in [0.1, 0.15) is 16.7 Å². The summed E-state index contributed by atoms with van der Waals surface area (Å²) in [5.41, 5.74) is 4.75. The first-order valence-electron chi connectivity index (χ1n) is 7.53. The van der Waals surface area contributed by atoms with Gasteiger partial charge < -0.3 is 9.64 Å². The molecule has 0 fully saturated rings. The van der Waals surface area contributed by atoms with E-state index in [4.69, 9.17) is 4.74 Å². The summed E-state index contributed by atoms with van der Waals surface area (Å²) < 4.78 is 5.38. The lowest BCUT2D eigenvalue weighted by Crippen LogP contribution is -2.07. The van der Waals surface area contributed by atoms with Gasteiger partial charge in [0.2, 0.25) is 0 Å². The van der Waals surface area contributed by atoms with Gasteiger partial charge in [-0.1, -0.05) is 42.0 Å². The second kappa shape index (κ2) is 6.13. The second-order valence-corrected chi connectivity index (χ2v) is 5.85. The number of anilines is 1. The number of carbonyl (C=O) groups excluding carboxylic acids is 1. The number of esters is 1. The third kappa shape index (κ3) is 3.34. The van der Waals surface area contributed by atoms with Gasteiger partial charge in [0.25, 0.3) is 0 Å². The number of carbonyl (C=O) groups is 1. The van der Waals surface area contributed by atoms with Crippen molar-refractivity contribution in [2.75, 3.05) is 19.0 Å². The van der Waals surface area contributed by atoms with E-state index in [1.165, 1.54) is 5.56 Å². The summed E-state index contributed by atoms with van der Waals surface area (Å²) in [5.74, 6) is 0.295. The molecule has 2 aromatic rings. The minimum atomic E-state index is -0.308. The summed E-state index contributed by atoms with van der Waals surface area (Å²) in [5, 5.41) is 0. The minimum Gasteiger partial charge on any atom is -0.422 e. The number of aryl methyl sites for hydroxylation is 1. The van der Waals surface area contributed by atoms with E-state index in [-0.39, 0.29) is 5.97 Å². The highest BCUT2D eigenvalue weighted by Gasteiger charge is 2.21. The molecule has 0 atom stereocenters. The number of rotatable bonds is 3. The van der Waals surface area contributed by atoms with Crippen molar-refractivity contribution < 1.29 is 9.53 Å². The molecule has 0 aromatic heterocycles. The molecule has 2 aromatic carbocycles. The molecule has 0 amide bonds. The average Bonchev–Trinajstić information content (AvgIpc) is 2.89. The Balaban J connectivity index is 1.87. The van der Waals surface area contributed by atoms with Crippen LogP contribution in [-0.2, 0) is 9.53 Å². The monoisotopic (exact) mass is 305 g/mol. The molecule has 0 aliphatic carbocycles. The Kier molecular flexibility index (Phi) is 4.02. The molecule has 0 saturated heterocycles. The summed E-state index contributed by atoms with van der Waals surface area (Å²) in [6.45, 7) is 2.03. The Morgan fingerprint density at radius 2 is 1.61 bits per heavy atom. The molecule has 0 N–H and O–H groups in total. The Morgan fingerprint density at radius 3 is 2.22 bits per heavy atom. The summed E-state index contributed by atoms with van der Waals surface area (Å²) in [4.78, 5) is 14.1. The van der Waals surface area contributed by atoms with Crippen LogP contribution in [0, 0.1) is 6.92 Å². The predicted molar refractivity (Wildman–Crippen MR) is 94.0 cm³/mol. The molecule has 0 unspecified atom stereocenters. The SMILES string of the molecule is Cc1ccc(C2=C/C(=C\c3ccc(N(C)C)cc3)C(=O)O2)cc1. The number of cyclic esters (lactones) is 1. The predicted octanol–water partition coefficient (Wildman–Crippen LogP) is 4.04. The van der Waals surface area contributed by atoms with E-state index >= 15 is 0 Å². The van der Waals surface area contributed by atoms with Crippen LogP contribution in [0.3, 0.4) is 0 Å². The zero-order valence-corrected chi connectivity index (χ0v) is 13.5. The van der Waals surface area contributed by atoms with Gasteiger partial charge in [-0.05, 0) is 36.8 Å². The third-order valence-corrected chi connectivity index (χ3v) is 3.79. The molecular weight excluding hydrogens is 286 g/mol. The highest BCUT2D eigenvalue weighted by Crippen LogP contribution is 2.27. The Bertz CT molecular complexity index is 781. The fourth-order valence-corrected chi connectivity index (χ4v) is 2.40. The maximum absolute atomic E-state index is 12.1. The first-order chi connectivity index (χ1) is 11.0. The molecule has 3 nitrogen and oxygen atoms in total.